The Morgan fingerprint density at radius 1 is 1.25 bits per heavy atom. The van der Waals surface area contributed by atoms with Crippen LogP contribution in [0, 0.1) is 11.8 Å². The highest BCUT2D eigenvalue weighted by molar-refractivity contribution is 9.10. The maximum Gasteiger partial charge on any atom is 0.125 e. The molecule has 0 aliphatic heterocycles. The molecule has 1 fully saturated rings. The molecule has 0 radical (unpaired) electrons. The van der Waals surface area contributed by atoms with Crippen molar-refractivity contribution in [3.63, 3.8) is 0 Å². The summed E-state index contributed by atoms with van der Waals surface area (Å²) >= 11 is 3.32. The Morgan fingerprint density at radius 2 is 2.00 bits per heavy atom. The predicted molar refractivity (Wildman–Crippen MR) is 66.8 cm³/mol. The molecule has 0 saturated heterocycles. The Hall–Kier alpha value is -0.850. The van der Waals surface area contributed by atoms with Gasteiger partial charge in [-0.3, -0.25) is 0 Å². The van der Waals surface area contributed by atoms with Gasteiger partial charge in [-0.1, -0.05) is 12.3 Å². The number of nitrogens with zero attached hydrogens (tertiary/aromatic N) is 1. The Kier molecular flexibility index (Phi) is 3.63. The average Bonchev–Trinajstić information content (AvgIpc) is 2.29. The molecular formula is C13H14BrNO. The van der Waals surface area contributed by atoms with Gasteiger partial charge in [0.05, 0.1) is 0 Å². The van der Waals surface area contributed by atoms with E-state index in [0.29, 0.717) is 5.69 Å². The summed E-state index contributed by atoms with van der Waals surface area (Å²) in [5.41, 5.74) is -0.0743. The molecule has 1 aromatic heterocycles. The number of rotatable bonds is 0. The molecule has 0 bridgehead atoms. The molecule has 0 atom stereocenters. The van der Waals surface area contributed by atoms with Crippen LogP contribution in [-0.2, 0) is 0 Å². The summed E-state index contributed by atoms with van der Waals surface area (Å²) in [5, 5.41) is 10.2. The third-order valence-electron chi connectivity index (χ3n) is 2.83. The quantitative estimate of drug-likeness (QED) is 0.741. The molecule has 1 saturated carbocycles. The van der Waals surface area contributed by atoms with Gasteiger partial charge in [0.15, 0.2) is 0 Å². The van der Waals surface area contributed by atoms with E-state index < -0.39 is 5.60 Å². The lowest BCUT2D eigenvalue weighted by Crippen LogP contribution is -2.29. The summed E-state index contributed by atoms with van der Waals surface area (Å²) in [4.78, 5) is 4.16. The summed E-state index contributed by atoms with van der Waals surface area (Å²) in [6, 6.07) is 3.76. The molecule has 2 nitrogen and oxygen atoms in total. The number of aliphatic hydroxyl groups is 1. The number of pyridine rings is 1. The van der Waals surface area contributed by atoms with Crippen molar-refractivity contribution in [2.24, 2.45) is 0 Å². The monoisotopic (exact) mass is 279 g/mol. The van der Waals surface area contributed by atoms with E-state index in [0.717, 1.165) is 30.2 Å². The number of hydrogen-bond acceptors (Lipinski definition) is 2. The van der Waals surface area contributed by atoms with Gasteiger partial charge in [0.1, 0.15) is 11.3 Å². The molecule has 84 valence electrons. The van der Waals surface area contributed by atoms with Gasteiger partial charge in [0.25, 0.3) is 0 Å². The van der Waals surface area contributed by atoms with Crippen molar-refractivity contribution in [2.75, 3.05) is 0 Å². The topological polar surface area (TPSA) is 33.1 Å². The van der Waals surface area contributed by atoms with Crippen molar-refractivity contribution in [3.8, 4) is 11.8 Å². The molecule has 16 heavy (non-hydrogen) atoms. The summed E-state index contributed by atoms with van der Waals surface area (Å²) in [5.74, 6) is 5.91. The molecule has 1 aliphatic rings. The Bertz CT molecular complexity index is 410. The van der Waals surface area contributed by atoms with E-state index in [9.17, 15) is 5.11 Å². The smallest absolute Gasteiger partial charge is 0.125 e. The molecule has 2 rings (SSSR count). The highest BCUT2D eigenvalue weighted by atomic mass is 79.9. The second-order valence-electron chi connectivity index (χ2n) is 4.20. The Labute approximate surface area is 104 Å². The lowest BCUT2D eigenvalue weighted by atomic mass is 9.85. The van der Waals surface area contributed by atoms with Crippen molar-refractivity contribution in [2.45, 2.75) is 37.7 Å². The molecule has 1 heterocycles. The molecule has 1 aromatic rings. The standard InChI is InChI=1S/C13H14BrNO/c14-11-4-5-12(15-10-11)6-9-13(16)7-2-1-3-8-13/h4-5,10,16H,1-3,7-8H2. The van der Waals surface area contributed by atoms with E-state index in [4.69, 9.17) is 0 Å². The van der Waals surface area contributed by atoms with Gasteiger partial charge in [-0.15, -0.1) is 0 Å². The van der Waals surface area contributed by atoms with E-state index in [1.807, 2.05) is 12.1 Å². The summed E-state index contributed by atoms with van der Waals surface area (Å²) in [6.07, 6.45) is 6.64. The van der Waals surface area contributed by atoms with E-state index >= 15 is 0 Å². The summed E-state index contributed by atoms with van der Waals surface area (Å²) in [6.45, 7) is 0. The van der Waals surface area contributed by atoms with Crippen LogP contribution < -0.4 is 0 Å². The van der Waals surface area contributed by atoms with E-state index in [1.54, 1.807) is 6.20 Å². The van der Waals surface area contributed by atoms with E-state index in [2.05, 4.69) is 32.8 Å². The highest BCUT2D eigenvalue weighted by Gasteiger charge is 2.26. The lowest BCUT2D eigenvalue weighted by molar-refractivity contribution is 0.0610. The SMILES string of the molecule is OC1(C#Cc2ccc(Br)cn2)CCCCC1. The number of hydrogen-bond donors (Lipinski definition) is 1. The van der Waals surface area contributed by atoms with Crippen LogP contribution >= 0.6 is 15.9 Å². The predicted octanol–water partition coefficient (Wildman–Crippen LogP) is 2.89. The van der Waals surface area contributed by atoms with Gasteiger partial charge < -0.3 is 5.11 Å². The zero-order chi connectivity index (χ0) is 11.4. The minimum absolute atomic E-state index is 0.710. The average molecular weight is 280 g/mol. The zero-order valence-electron chi connectivity index (χ0n) is 9.04. The van der Waals surface area contributed by atoms with Crippen molar-refractivity contribution in [1.29, 1.82) is 0 Å². The Morgan fingerprint density at radius 3 is 2.62 bits per heavy atom. The fourth-order valence-corrected chi connectivity index (χ4v) is 2.13. The molecule has 0 amide bonds. The highest BCUT2D eigenvalue weighted by Crippen LogP contribution is 2.27. The van der Waals surface area contributed by atoms with Crippen LogP contribution in [0.15, 0.2) is 22.8 Å². The first-order valence-electron chi connectivity index (χ1n) is 5.55. The van der Waals surface area contributed by atoms with Gasteiger partial charge in [-0.2, -0.15) is 0 Å². The third-order valence-corrected chi connectivity index (χ3v) is 3.30. The minimum Gasteiger partial charge on any atom is -0.378 e. The first-order chi connectivity index (χ1) is 7.68. The fourth-order valence-electron chi connectivity index (χ4n) is 1.89. The van der Waals surface area contributed by atoms with E-state index in [-0.39, 0.29) is 0 Å². The van der Waals surface area contributed by atoms with Crippen LogP contribution in [-0.4, -0.2) is 15.7 Å². The fraction of sp³-hybridized carbons (Fsp3) is 0.462. The number of aromatic nitrogens is 1. The van der Waals surface area contributed by atoms with E-state index in [1.165, 1.54) is 6.42 Å². The second-order valence-corrected chi connectivity index (χ2v) is 5.12. The first-order valence-corrected chi connectivity index (χ1v) is 6.34. The first kappa shape index (κ1) is 11.6. The van der Waals surface area contributed by atoms with Gasteiger partial charge in [0.2, 0.25) is 0 Å². The third kappa shape index (κ3) is 3.07. The zero-order valence-corrected chi connectivity index (χ0v) is 10.6. The lowest BCUT2D eigenvalue weighted by Gasteiger charge is -2.26. The number of halogens is 1. The molecule has 1 N–H and O–H groups in total. The molecule has 0 spiro atoms. The van der Waals surface area contributed by atoms with Crippen molar-refractivity contribution in [3.05, 3.63) is 28.5 Å². The van der Waals surface area contributed by atoms with Gasteiger partial charge in [0, 0.05) is 10.7 Å². The molecule has 3 heteroatoms. The van der Waals surface area contributed by atoms with Crippen molar-refractivity contribution in [1.82, 2.24) is 4.98 Å². The maximum atomic E-state index is 10.2. The van der Waals surface area contributed by atoms with Crippen LogP contribution in [0.5, 0.6) is 0 Å². The largest absolute Gasteiger partial charge is 0.378 e. The van der Waals surface area contributed by atoms with Crippen LogP contribution in [0.4, 0.5) is 0 Å². The molecule has 0 unspecified atom stereocenters. The van der Waals surface area contributed by atoms with Gasteiger partial charge in [-0.25, -0.2) is 4.98 Å². The van der Waals surface area contributed by atoms with Gasteiger partial charge in [-0.05, 0) is 59.7 Å². The molecule has 1 aliphatic carbocycles. The van der Waals surface area contributed by atoms with Crippen LogP contribution in [0.25, 0.3) is 0 Å². The van der Waals surface area contributed by atoms with Crippen LogP contribution in [0.2, 0.25) is 0 Å². The Balaban J connectivity index is 2.11. The normalized spacial score (nSPS) is 18.6. The minimum atomic E-state index is -0.785. The van der Waals surface area contributed by atoms with Crippen molar-refractivity contribution < 1.29 is 5.11 Å². The summed E-state index contributed by atoms with van der Waals surface area (Å²) < 4.78 is 0.939. The van der Waals surface area contributed by atoms with Crippen LogP contribution in [0.1, 0.15) is 37.8 Å². The second kappa shape index (κ2) is 4.99. The molecule has 0 aromatic carbocycles. The molecular weight excluding hydrogens is 266 g/mol. The van der Waals surface area contributed by atoms with Gasteiger partial charge >= 0.3 is 0 Å². The maximum absolute atomic E-state index is 10.2. The van der Waals surface area contributed by atoms with Crippen molar-refractivity contribution >= 4 is 15.9 Å². The van der Waals surface area contributed by atoms with Crippen LogP contribution in [0.3, 0.4) is 0 Å². The summed E-state index contributed by atoms with van der Waals surface area (Å²) in [7, 11) is 0.